The van der Waals surface area contributed by atoms with E-state index < -0.39 is 60.4 Å². The molecule has 1 aliphatic carbocycles. The summed E-state index contributed by atoms with van der Waals surface area (Å²) in [6, 6.07) is 38.7. The molecule has 1 atom stereocenters. The lowest BCUT2D eigenvalue weighted by Gasteiger charge is -2.36. The zero-order chi connectivity index (χ0) is 48.9. The van der Waals surface area contributed by atoms with Gasteiger partial charge >= 0.3 is 18.9 Å². The van der Waals surface area contributed by atoms with Gasteiger partial charge in [-0.2, -0.15) is 18.4 Å². The summed E-state index contributed by atoms with van der Waals surface area (Å²) in [7, 11) is 0. The van der Waals surface area contributed by atoms with E-state index >= 15 is 0 Å². The highest BCUT2D eigenvalue weighted by Crippen LogP contribution is 2.40. The number of aliphatic hydroxyl groups excluding tert-OH is 1. The molecule has 0 amide bonds. The molecule has 6 aromatic rings. The first-order valence-corrected chi connectivity index (χ1v) is 21.1. The number of nitriles is 1. The van der Waals surface area contributed by atoms with Crippen LogP contribution in [-0.4, -0.2) is 53.2 Å². The van der Waals surface area contributed by atoms with Crippen molar-refractivity contribution in [1.29, 1.82) is 5.26 Å². The first-order valence-electron chi connectivity index (χ1n) is 21.1. The summed E-state index contributed by atoms with van der Waals surface area (Å²) in [5.41, 5.74) is 3.31. The Labute approximate surface area is 383 Å². The molecule has 16 heteroatoms. The van der Waals surface area contributed by atoms with Crippen LogP contribution in [0.4, 0.5) is 39.5 Å². The summed E-state index contributed by atoms with van der Waals surface area (Å²) in [5.74, 6) is -0.244. The van der Waals surface area contributed by atoms with E-state index in [4.69, 9.17) is 0 Å². The second-order valence-electron chi connectivity index (χ2n) is 16.4. The van der Waals surface area contributed by atoms with E-state index in [0.29, 0.717) is 12.1 Å². The molecular weight excluding hydrogens is 888 g/mol. The maximum Gasteiger partial charge on any atom is 0.573 e. The number of hydrogen-bond donors (Lipinski definition) is 2. The third-order valence-electron chi connectivity index (χ3n) is 10.8. The molecule has 2 heterocycles. The SMILES string of the molecule is CC1CC1.Cc1cccc(C(C#N)(Cc2ccccn2)c2cccc(C)c2)c1.O[C@H](CNCC(Cc1ccccn1)(c1cccc(OC(F)(F)F)c1)c1cccc(OC(F)(F)F)c1)C(F)(F)F. The van der Waals surface area contributed by atoms with Gasteiger partial charge in [0.15, 0.2) is 6.10 Å². The topological polar surface area (TPSA) is 100 Å². The molecule has 0 saturated heterocycles. The second-order valence-corrected chi connectivity index (χ2v) is 16.4. The van der Waals surface area contributed by atoms with E-state index in [9.17, 15) is 49.9 Å². The Balaban J connectivity index is 0.000000252. The molecule has 0 aliphatic heterocycles. The lowest BCUT2D eigenvalue weighted by atomic mass is 9.71. The van der Waals surface area contributed by atoms with Crippen LogP contribution in [0.1, 0.15) is 64.5 Å². The van der Waals surface area contributed by atoms with Gasteiger partial charge in [-0.1, -0.05) is 116 Å². The van der Waals surface area contributed by atoms with Crippen LogP contribution in [0, 0.1) is 31.1 Å². The molecule has 4 aromatic carbocycles. The van der Waals surface area contributed by atoms with Crippen LogP contribution in [0.5, 0.6) is 11.5 Å². The van der Waals surface area contributed by atoms with Gasteiger partial charge in [0, 0.05) is 55.1 Å². The first-order chi connectivity index (χ1) is 31.6. The molecule has 354 valence electrons. The predicted octanol–water partition coefficient (Wildman–Crippen LogP) is 12.1. The van der Waals surface area contributed by atoms with Gasteiger partial charge in [0.05, 0.1) is 6.07 Å². The number of aromatic nitrogens is 2. The van der Waals surface area contributed by atoms with Gasteiger partial charge in [-0.05, 0) is 90.6 Å². The quantitative estimate of drug-likeness (QED) is 0.105. The molecule has 67 heavy (non-hydrogen) atoms. The number of pyridine rings is 2. The molecule has 1 aliphatic rings. The van der Waals surface area contributed by atoms with Crippen molar-refractivity contribution < 1.29 is 54.1 Å². The highest BCUT2D eigenvalue weighted by Gasteiger charge is 2.41. The number of ether oxygens (including phenoxy) is 2. The van der Waals surface area contributed by atoms with Crippen molar-refractivity contribution in [2.24, 2.45) is 5.92 Å². The lowest BCUT2D eigenvalue weighted by molar-refractivity contribution is -0.275. The zero-order valence-electron chi connectivity index (χ0n) is 36.8. The van der Waals surface area contributed by atoms with E-state index in [0.717, 1.165) is 58.1 Å². The van der Waals surface area contributed by atoms with E-state index in [2.05, 4.69) is 75.9 Å². The predicted molar refractivity (Wildman–Crippen MR) is 235 cm³/mol. The molecule has 2 aromatic heterocycles. The van der Waals surface area contributed by atoms with Crippen molar-refractivity contribution in [3.8, 4) is 17.6 Å². The Morgan fingerprint density at radius 1 is 0.627 bits per heavy atom. The van der Waals surface area contributed by atoms with Gasteiger partial charge in [-0.25, -0.2) is 0 Å². The van der Waals surface area contributed by atoms with Crippen LogP contribution in [-0.2, 0) is 23.7 Å². The van der Waals surface area contributed by atoms with Crippen molar-refractivity contribution in [1.82, 2.24) is 15.3 Å². The maximum atomic E-state index is 13.0. The lowest BCUT2D eigenvalue weighted by Crippen LogP contribution is -2.46. The minimum Gasteiger partial charge on any atom is -0.406 e. The highest BCUT2D eigenvalue weighted by molar-refractivity contribution is 5.50. The number of alkyl halides is 9. The largest absolute Gasteiger partial charge is 0.573 e. The number of aliphatic hydroxyl groups is 1. The summed E-state index contributed by atoms with van der Waals surface area (Å²) in [4.78, 5) is 8.64. The Kier molecular flexibility index (Phi) is 17.2. The Hall–Kier alpha value is -6.44. The zero-order valence-corrected chi connectivity index (χ0v) is 36.8. The minimum atomic E-state index is -5.07. The second kappa shape index (κ2) is 22.4. The van der Waals surface area contributed by atoms with E-state index in [-0.39, 0.29) is 17.5 Å². The van der Waals surface area contributed by atoms with Crippen molar-refractivity contribution >= 4 is 0 Å². The Morgan fingerprint density at radius 2 is 1.06 bits per heavy atom. The van der Waals surface area contributed by atoms with Crippen molar-refractivity contribution in [3.05, 3.63) is 191 Å². The third-order valence-corrected chi connectivity index (χ3v) is 10.8. The molecule has 0 radical (unpaired) electrons. The van der Waals surface area contributed by atoms with Crippen LogP contribution in [0.3, 0.4) is 0 Å². The normalized spacial score (nSPS) is 13.5. The monoisotopic (exact) mass is 936 g/mol. The number of nitrogens with zero attached hydrogens (tertiary/aromatic N) is 3. The fourth-order valence-corrected chi connectivity index (χ4v) is 7.27. The summed E-state index contributed by atoms with van der Waals surface area (Å²) in [5, 5.41) is 22.2. The number of aryl methyl sites for hydroxylation is 2. The first kappa shape index (κ1) is 51.5. The van der Waals surface area contributed by atoms with Gasteiger partial charge in [0.1, 0.15) is 16.9 Å². The number of hydrogen-bond acceptors (Lipinski definition) is 7. The summed E-state index contributed by atoms with van der Waals surface area (Å²) in [6.07, 6.45) is -11.4. The molecule has 2 N–H and O–H groups in total. The van der Waals surface area contributed by atoms with Crippen LogP contribution in [0.25, 0.3) is 0 Å². The number of rotatable bonds is 14. The fraction of sp³-hybridized carbons (Fsp3) is 0.314. The highest BCUT2D eigenvalue weighted by atomic mass is 19.4. The standard InChI is InChI=1S/C25H21F9N2O3.C22H20N2.C4H8/c26-23(27,28)21(37)14-35-15-22(13-18-7-1-2-10-36-18,16-5-3-8-19(11-16)38-24(29,30)31)17-6-4-9-20(12-17)39-25(32,33)34;1-17-7-5-9-19(13-17)22(16-23,15-21-11-3-4-12-24-21)20-10-6-8-18(2)14-20;1-4-2-3-4/h1-12,21,35,37H,13-15H2;3-14H,15H2,1-2H3;4H,2-3H2,1H3/t21-;;/m1../s1. The number of nitrogens with one attached hydrogen (secondary N) is 1. The number of benzene rings is 4. The number of halogens is 9. The Morgan fingerprint density at radius 3 is 1.43 bits per heavy atom. The van der Waals surface area contributed by atoms with Gasteiger partial charge in [0.25, 0.3) is 0 Å². The average molecular weight is 937 g/mol. The van der Waals surface area contributed by atoms with E-state index in [1.165, 1.54) is 49.4 Å². The summed E-state index contributed by atoms with van der Waals surface area (Å²) < 4.78 is 125. The van der Waals surface area contributed by atoms with Crippen LogP contribution in [0.2, 0.25) is 0 Å². The molecule has 0 spiro atoms. The third kappa shape index (κ3) is 15.6. The summed E-state index contributed by atoms with van der Waals surface area (Å²) in [6.45, 7) is 4.91. The molecular formula is C51H49F9N4O3. The maximum absolute atomic E-state index is 13.0. The van der Waals surface area contributed by atoms with Crippen molar-refractivity contribution in [3.63, 3.8) is 0 Å². The van der Waals surface area contributed by atoms with Gasteiger partial charge in [-0.3, -0.25) is 9.97 Å². The minimum absolute atomic E-state index is 0.0491. The molecule has 7 rings (SSSR count). The van der Waals surface area contributed by atoms with Gasteiger partial charge < -0.3 is 19.9 Å². The molecule has 0 bridgehead atoms. The van der Waals surface area contributed by atoms with Crippen molar-refractivity contribution in [2.75, 3.05) is 13.1 Å². The van der Waals surface area contributed by atoms with E-state index in [1.54, 1.807) is 18.3 Å². The average Bonchev–Trinajstić information content (AvgIpc) is 4.06. The van der Waals surface area contributed by atoms with Crippen LogP contribution < -0.4 is 14.8 Å². The Bertz CT molecular complexity index is 2420. The molecule has 0 unspecified atom stereocenters. The van der Waals surface area contributed by atoms with Crippen LogP contribution >= 0.6 is 0 Å². The molecule has 7 nitrogen and oxygen atoms in total. The van der Waals surface area contributed by atoms with Gasteiger partial charge in [0.2, 0.25) is 0 Å². The molecule has 1 fully saturated rings. The van der Waals surface area contributed by atoms with Crippen molar-refractivity contribution in [2.45, 2.75) is 82.3 Å². The van der Waals surface area contributed by atoms with Crippen LogP contribution in [0.15, 0.2) is 146 Å². The smallest absolute Gasteiger partial charge is 0.406 e. The fourth-order valence-electron chi connectivity index (χ4n) is 7.27. The molecule has 1 saturated carbocycles. The van der Waals surface area contributed by atoms with E-state index in [1.807, 2.05) is 42.5 Å². The summed E-state index contributed by atoms with van der Waals surface area (Å²) >= 11 is 0. The van der Waals surface area contributed by atoms with Gasteiger partial charge in [-0.15, -0.1) is 26.3 Å².